The number of aryl methyl sites for hydroxylation is 1. The molecule has 0 saturated carbocycles. The molecule has 0 aliphatic rings. The minimum atomic E-state index is -4.37. The molecule has 1 aromatic carbocycles. The van der Waals surface area contributed by atoms with Crippen molar-refractivity contribution >= 4 is 21.7 Å². The zero-order valence-electron chi connectivity index (χ0n) is 10.6. The van der Waals surface area contributed by atoms with Crippen molar-refractivity contribution < 1.29 is 13.2 Å². The molecule has 1 heterocycles. The number of nitrogens with zero attached hydrogens (tertiary/aromatic N) is 1. The van der Waals surface area contributed by atoms with Gasteiger partial charge in [-0.15, -0.1) is 0 Å². The van der Waals surface area contributed by atoms with Gasteiger partial charge >= 0.3 is 6.18 Å². The largest absolute Gasteiger partial charge is 0.416 e. The molecule has 2 nitrogen and oxygen atoms in total. The fourth-order valence-corrected chi connectivity index (χ4v) is 2.16. The standard InChI is InChI=1S/C14H12BrF3N2/c1-9-3-2-4-13(20-9)19-8-10-5-6-11(15)7-12(10)14(16,17)18/h2-7H,8H2,1H3,(H,19,20). The van der Waals surface area contributed by atoms with Gasteiger partial charge in [0.15, 0.2) is 0 Å². The Morgan fingerprint density at radius 3 is 2.60 bits per heavy atom. The topological polar surface area (TPSA) is 24.9 Å². The van der Waals surface area contributed by atoms with Crippen LogP contribution in [-0.4, -0.2) is 4.98 Å². The highest BCUT2D eigenvalue weighted by molar-refractivity contribution is 9.10. The van der Waals surface area contributed by atoms with E-state index in [2.05, 4.69) is 26.2 Å². The molecule has 0 bridgehead atoms. The molecule has 20 heavy (non-hydrogen) atoms. The summed E-state index contributed by atoms with van der Waals surface area (Å²) in [5, 5.41) is 2.91. The van der Waals surface area contributed by atoms with Gasteiger partial charge in [-0.1, -0.05) is 28.1 Å². The van der Waals surface area contributed by atoms with E-state index >= 15 is 0 Å². The first kappa shape index (κ1) is 14.8. The van der Waals surface area contributed by atoms with Crippen LogP contribution in [0.1, 0.15) is 16.8 Å². The number of pyridine rings is 1. The van der Waals surface area contributed by atoms with Gasteiger partial charge in [-0.25, -0.2) is 4.98 Å². The van der Waals surface area contributed by atoms with Crippen LogP contribution >= 0.6 is 15.9 Å². The molecule has 1 aromatic heterocycles. The van der Waals surface area contributed by atoms with Crippen molar-refractivity contribution in [2.24, 2.45) is 0 Å². The Morgan fingerprint density at radius 1 is 1.20 bits per heavy atom. The lowest BCUT2D eigenvalue weighted by molar-refractivity contribution is -0.138. The van der Waals surface area contributed by atoms with Gasteiger partial charge in [0.2, 0.25) is 0 Å². The summed E-state index contributed by atoms with van der Waals surface area (Å²) in [6.07, 6.45) is -4.37. The first-order chi connectivity index (χ1) is 9.36. The van der Waals surface area contributed by atoms with E-state index in [1.807, 2.05) is 13.0 Å². The third-order valence-electron chi connectivity index (χ3n) is 2.73. The first-order valence-electron chi connectivity index (χ1n) is 5.89. The molecule has 1 N–H and O–H groups in total. The van der Waals surface area contributed by atoms with Crippen LogP contribution in [0.3, 0.4) is 0 Å². The van der Waals surface area contributed by atoms with E-state index in [1.54, 1.807) is 18.2 Å². The second-order valence-electron chi connectivity index (χ2n) is 4.32. The molecule has 6 heteroatoms. The van der Waals surface area contributed by atoms with E-state index < -0.39 is 11.7 Å². The quantitative estimate of drug-likeness (QED) is 0.866. The Kier molecular flexibility index (Phi) is 4.32. The van der Waals surface area contributed by atoms with E-state index in [4.69, 9.17) is 0 Å². The average Bonchev–Trinajstić information content (AvgIpc) is 2.36. The minimum Gasteiger partial charge on any atom is -0.366 e. The third kappa shape index (κ3) is 3.72. The van der Waals surface area contributed by atoms with Gasteiger partial charge in [0, 0.05) is 16.7 Å². The summed E-state index contributed by atoms with van der Waals surface area (Å²) >= 11 is 3.06. The summed E-state index contributed by atoms with van der Waals surface area (Å²) in [6.45, 7) is 1.89. The maximum Gasteiger partial charge on any atom is 0.416 e. The maximum atomic E-state index is 13.0. The van der Waals surface area contributed by atoms with Crippen molar-refractivity contribution in [3.05, 3.63) is 57.7 Å². The number of anilines is 1. The first-order valence-corrected chi connectivity index (χ1v) is 6.69. The van der Waals surface area contributed by atoms with E-state index in [0.717, 1.165) is 11.8 Å². The summed E-state index contributed by atoms with van der Waals surface area (Å²) in [5.74, 6) is 0.557. The van der Waals surface area contributed by atoms with Gasteiger partial charge in [0.25, 0.3) is 0 Å². The van der Waals surface area contributed by atoms with Crippen molar-refractivity contribution in [1.82, 2.24) is 4.98 Å². The van der Waals surface area contributed by atoms with Crippen LogP contribution in [0.5, 0.6) is 0 Å². The van der Waals surface area contributed by atoms with Crippen LogP contribution in [0.15, 0.2) is 40.9 Å². The van der Waals surface area contributed by atoms with Crippen molar-refractivity contribution in [2.75, 3.05) is 5.32 Å². The molecule has 2 aromatic rings. The molecule has 106 valence electrons. The zero-order valence-corrected chi connectivity index (χ0v) is 12.2. The highest BCUT2D eigenvalue weighted by Gasteiger charge is 2.33. The molecule has 0 atom stereocenters. The van der Waals surface area contributed by atoms with Crippen LogP contribution in [0.4, 0.5) is 19.0 Å². The van der Waals surface area contributed by atoms with Gasteiger partial charge in [0.05, 0.1) is 5.56 Å². The van der Waals surface area contributed by atoms with Crippen LogP contribution in [0.2, 0.25) is 0 Å². The highest BCUT2D eigenvalue weighted by atomic mass is 79.9. The van der Waals surface area contributed by atoms with Gasteiger partial charge in [0.1, 0.15) is 5.82 Å². The number of hydrogen-bond acceptors (Lipinski definition) is 2. The van der Waals surface area contributed by atoms with Gasteiger partial charge < -0.3 is 5.32 Å². The number of aromatic nitrogens is 1. The molecular formula is C14H12BrF3N2. The lowest BCUT2D eigenvalue weighted by atomic mass is 10.1. The number of halogens is 4. The predicted molar refractivity (Wildman–Crippen MR) is 75.4 cm³/mol. The lowest BCUT2D eigenvalue weighted by Gasteiger charge is -2.14. The monoisotopic (exact) mass is 344 g/mol. The second-order valence-corrected chi connectivity index (χ2v) is 5.23. The molecule has 0 unspecified atom stereocenters. The van der Waals surface area contributed by atoms with E-state index in [9.17, 15) is 13.2 Å². The minimum absolute atomic E-state index is 0.0680. The molecular weight excluding hydrogens is 333 g/mol. The summed E-state index contributed by atoms with van der Waals surface area (Å²) in [4.78, 5) is 4.20. The molecule has 0 amide bonds. The number of benzene rings is 1. The van der Waals surface area contributed by atoms with E-state index in [-0.39, 0.29) is 12.1 Å². The Balaban J connectivity index is 2.21. The van der Waals surface area contributed by atoms with Gasteiger partial charge in [-0.3, -0.25) is 0 Å². The summed E-state index contributed by atoms with van der Waals surface area (Å²) in [6, 6.07) is 9.48. The highest BCUT2D eigenvalue weighted by Crippen LogP contribution is 2.34. The van der Waals surface area contributed by atoms with Crippen LogP contribution in [0.25, 0.3) is 0 Å². The van der Waals surface area contributed by atoms with E-state index in [1.165, 1.54) is 6.07 Å². The Bertz CT molecular complexity index is 612. The molecule has 0 aliphatic heterocycles. The summed E-state index contributed by atoms with van der Waals surface area (Å²) in [5.41, 5.74) is 0.345. The molecule has 0 radical (unpaired) electrons. The number of rotatable bonds is 3. The Hall–Kier alpha value is -1.56. The van der Waals surface area contributed by atoms with Gasteiger partial charge in [-0.2, -0.15) is 13.2 Å². The van der Waals surface area contributed by atoms with Gasteiger partial charge in [-0.05, 0) is 36.8 Å². The van der Waals surface area contributed by atoms with Crippen molar-refractivity contribution in [2.45, 2.75) is 19.6 Å². The molecule has 0 aliphatic carbocycles. The smallest absolute Gasteiger partial charge is 0.366 e. The second kappa shape index (κ2) is 5.83. The van der Waals surface area contributed by atoms with Crippen molar-refractivity contribution in [1.29, 1.82) is 0 Å². The molecule has 0 spiro atoms. The molecule has 2 rings (SSSR count). The SMILES string of the molecule is Cc1cccc(NCc2ccc(Br)cc2C(F)(F)F)n1. The number of hydrogen-bond donors (Lipinski definition) is 1. The molecule has 0 fully saturated rings. The van der Waals surface area contributed by atoms with Crippen LogP contribution in [0, 0.1) is 6.92 Å². The predicted octanol–water partition coefficient (Wildman–Crippen LogP) is 4.78. The Morgan fingerprint density at radius 2 is 1.95 bits per heavy atom. The normalized spacial score (nSPS) is 11.4. The third-order valence-corrected chi connectivity index (χ3v) is 3.22. The summed E-state index contributed by atoms with van der Waals surface area (Å²) in [7, 11) is 0. The van der Waals surface area contributed by atoms with Crippen molar-refractivity contribution in [3.63, 3.8) is 0 Å². The molecule has 0 saturated heterocycles. The van der Waals surface area contributed by atoms with E-state index in [0.29, 0.717) is 10.3 Å². The fraction of sp³-hybridized carbons (Fsp3) is 0.214. The fourth-order valence-electron chi connectivity index (χ4n) is 1.79. The number of alkyl halides is 3. The maximum absolute atomic E-state index is 13.0. The van der Waals surface area contributed by atoms with Crippen LogP contribution in [-0.2, 0) is 12.7 Å². The van der Waals surface area contributed by atoms with Crippen LogP contribution < -0.4 is 5.32 Å². The number of nitrogens with one attached hydrogen (secondary N) is 1. The van der Waals surface area contributed by atoms with Crippen molar-refractivity contribution in [3.8, 4) is 0 Å². The summed E-state index contributed by atoms with van der Waals surface area (Å²) < 4.78 is 39.3. The Labute approximate surface area is 123 Å². The lowest BCUT2D eigenvalue weighted by Crippen LogP contribution is -2.12. The zero-order chi connectivity index (χ0) is 14.8. The average molecular weight is 345 g/mol.